The predicted molar refractivity (Wildman–Crippen MR) is 145 cm³/mol. The van der Waals surface area contributed by atoms with Crippen molar-refractivity contribution in [3.63, 3.8) is 0 Å². The molecule has 1 aromatic heterocycles. The number of nitrogens with zero attached hydrogens (tertiary/aromatic N) is 3. The Labute approximate surface area is 219 Å². The Morgan fingerprint density at radius 2 is 1.68 bits per heavy atom. The number of urea groups is 1. The number of nitrogens with one attached hydrogen (secondary N) is 2. The summed E-state index contributed by atoms with van der Waals surface area (Å²) >= 11 is 5.93. The second-order valence-electron chi connectivity index (χ2n) is 8.43. The first-order valence-corrected chi connectivity index (χ1v) is 12.3. The second kappa shape index (κ2) is 12.2. The average Bonchev–Trinajstić information content (AvgIpc) is 3.32. The maximum absolute atomic E-state index is 13.5. The number of hydrogen-bond acceptors (Lipinski definition) is 3. The molecule has 1 heterocycles. The Morgan fingerprint density at radius 1 is 0.973 bits per heavy atom. The lowest BCUT2D eigenvalue weighted by Gasteiger charge is -2.22. The highest BCUT2D eigenvalue weighted by Crippen LogP contribution is 2.25. The van der Waals surface area contributed by atoms with E-state index in [1.807, 2.05) is 37.3 Å². The summed E-state index contributed by atoms with van der Waals surface area (Å²) in [7, 11) is 0. The smallest absolute Gasteiger partial charge is 0.315 e. The number of carbonyl (C=O) groups is 2. The molecule has 3 amide bonds. The Bertz CT molecular complexity index is 1340. The number of rotatable bonds is 9. The van der Waals surface area contributed by atoms with Crippen molar-refractivity contribution in [2.45, 2.75) is 19.8 Å². The van der Waals surface area contributed by atoms with E-state index in [-0.39, 0.29) is 24.3 Å². The van der Waals surface area contributed by atoms with E-state index in [9.17, 15) is 14.0 Å². The zero-order chi connectivity index (χ0) is 26.2. The molecule has 0 radical (unpaired) electrons. The van der Waals surface area contributed by atoms with Gasteiger partial charge in [-0.3, -0.25) is 4.79 Å². The second-order valence-corrected chi connectivity index (χ2v) is 8.87. The first-order valence-electron chi connectivity index (χ1n) is 12.0. The van der Waals surface area contributed by atoms with Gasteiger partial charge in [-0.1, -0.05) is 55.3 Å². The number of aromatic nitrogens is 2. The van der Waals surface area contributed by atoms with E-state index < -0.39 is 0 Å². The van der Waals surface area contributed by atoms with Crippen LogP contribution in [0.3, 0.4) is 0 Å². The molecule has 190 valence electrons. The van der Waals surface area contributed by atoms with Gasteiger partial charge in [0.2, 0.25) is 5.91 Å². The number of anilines is 2. The fraction of sp³-hybridized carbons (Fsp3) is 0.179. The molecule has 4 aromatic rings. The normalized spacial score (nSPS) is 10.7. The van der Waals surface area contributed by atoms with E-state index in [1.165, 1.54) is 17.0 Å². The van der Waals surface area contributed by atoms with Crippen molar-refractivity contribution < 1.29 is 14.0 Å². The summed E-state index contributed by atoms with van der Waals surface area (Å²) in [6.45, 7) is 2.27. The number of benzene rings is 3. The van der Waals surface area contributed by atoms with Crippen LogP contribution < -0.4 is 10.6 Å². The van der Waals surface area contributed by atoms with Crippen molar-refractivity contribution in [3.8, 4) is 16.9 Å². The van der Waals surface area contributed by atoms with Gasteiger partial charge in [0.25, 0.3) is 0 Å². The van der Waals surface area contributed by atoms with Gasteiger partial charge >= 0.3 is 6.03 Å². The molecule has 0 fully saturated rings. The Morgan fingerprint density at radius 3 is 2.35 bits per heavy atom. The largest absolute Gasteiger partial charge is 0.322 e. The van der Waals surface area contributed by atoms with E-state index in [4.69, 9.17) is 11.6 Å². The highest BCUT2D eigenvalue weighted by molar-refractivity contribution is 6.30. The molecule has 0 saturated heterocycles. The molecule has 0 spiro atoms. The predicted octanol–water partition coefficient (Wildman–Crippen LogP) is 6.60. The van der Waals surface area contributed by atoms with Crippen LogP contribution in [-0.4, -0.2) is 39.7 Å². The van der Waals surface area contributed by atoms with Gasteiger partial charge in [-0.25, -0.2) is 13.9 Å². The van der Waals surface area contributed by atoms with Gasteiger partial charge < -0.3 is 15.5 Å². The molecule has 0 bridgehead atoms. The quantitative estimate of drug-likeness (QED) is 0.261. The lowest BCUT2D eigenvalue weighted by Crippen LogP contribution is -2.41. The summed E-state index contributed by atoms with van der Waals surface area (Å²) < 4.78 is 15.1. The van der Waals surface area contributed by atoms with Crippen LogP contribution in [0.2, 0.25) is 5.02 Å². The van der Waals surface area contributed by atoms with E-state index >= 15 is 0 Å². The maximum atomic E-state index is 13.5. The Hall–Kier alpha value is -4.17. The van der Waals surface area contributed by atoms with Crippen LogP contribution in [0.1, 0.15) is 19.8 Å². The summed E-state index contributed by atoms with van der Waals surface area (Å²) in [5, 5.41) is 10.9. The molecular formula is C28H27ClFN5O2. The number of halogens is 2. The van der Waals surface area contributed by atoms with Crippen molar-refractivity contribution in [2.75, 3.05) is 23.7 Å². The van der Waals surface area contributed by atoms with Crippen molar-refractivity contribution in [3.05, 3.63) is 95.8 Å². The molecule has 4 rings (SSSR count). The molecule has 7 nitrogen and oxygen atoms in total. The van der Waals surface area contributed by atoms with Gasteiger partial charge in [-0.2, -0.15) is 5.10 Å². The van der Waals surface area contributed by atoms with Gasteiger partial charge in [-0.05, 0) is 55.0 Å². The summed E-state index contributed by atoms with van der Waals surface area (Å²) in [6.07, 6.45) is 1.61. The first kappa shape index (κ1) is 25.9. The number of hydrogen-bond donors (Lipinski definition) is 2. The van der Waals surface area contributed by atoms with Gasteiger partial charge in [0, 0.05) is 28.9 Å². The van der Waals surface area contributed by atoms with Crippen molar-refractivity contribution in [1.29, 1.82) is 0 Å². The van der Waals surface area contributed by atoms with Crippen LogP contribution in [0, 0.1) is 5.82 Å². The maximum Gasteiger partial charge on any atom is 0.322 e. The standard InChI is InChI=1S/C28H27ClFN5O2/c1-2-3-17-34(28(37)31-23-13-9-21(29)10-14-23)19-27(36)32-26-18-25(20-7-5-4-6-8-20)33-35(26)24-15-11-22(30)12-16-24/h4-16,18H,2-3,17,19H2,1H3,(H,31,37)(H,32,36). The van der Waals surface area contributed by atoms with Crippen LogP contribution in [-0.2, 0) is 4.79 Å². The summed E-state index contributed by atoms with van der Waals surface area (Å²) in [5.74, 6) is -0.350. The molecule has 0 saturated carbocycles. The minimum absolute atomic E-state index is 0.158. The molecule has 0 unspecified atom stereocenters. The van der Waals surface area contributed by atoms with Crippen LogP contribution in [0.4, 0.5) is 20.7 Å². The van der Waals surface area contributed by atoms with Gasteiger partial charge in [0.05, 0.1) is 11.4 Å². The number of carbonyl (C=O) groups excluding carboxylic acids is 2. The Balaban J connectivity index is 1.54. The topological polar surface area (TPSA) is 79.3 Å². The van der Waals surface area contributed by atoms with E-state index in [0.717, 1.165) is 18.4 Å². The van der Waals surface area contributed by atoms with Crippen molar-refractivity contribution in [2.24, 2.45) is 0 Å². The van der Waals surface area contributed by atoms with Crippen LogP contribution >= 0.6 is 11.6 Å². The van der Waals surface area contributed by atoms with Crippen LogP contribution in [0.5, 0.6) is 0 Å². The summed E-state index contributed by atoms with van der Waals surface area (Å²) in [5.41, 5.74) is 2.68. The molecule has 0 aliphatic rings. The molecule has 0 aliphatic carbocycles. The first-order chi connectivity index (χ1) is 17.9. The fourth-order valence-corrected chi connectivity index (χ4v) is 3.82. The lowest BCUT2D eigenvalue weighted by atomic mass is 10.1. The fourth-order valence-electron chi connectivity index (χ4n) is 3.69. The van der Waals surface area contributed by atoms with Gasteiger partial charge in [-0.15, -0.1) is 0 Å². The minimum Gasteiger partial charge on any atom is -0.315 e. The van der Waals surface area contributed by atoms with Gasteiger partial charge in [0.1, 0.15) is 18.2 Å². The molecule has 3 aromatic carbocycles. The van der Waals surface area contributed by atoms with Crippen molar-refractivity contribution in [1.82, 2.24) is 14.7 Å². The average molecular weight is 520 g/mol. The van der Waals surface area contributed by atoms with E-state index in [2.05, 4.69) is 15.7 Å². The molecular weight excluding hydrogens is 493 g/mol. The third kappa shape index (κ3) is 6.95. The number of amides is 3. The zero-order valence-electron chi connectivity index (χ0n) is 20.3. The third-order valence-electron chi connectivity index (χ3n) is 5.62. The van der Waals surface area contributed by atoms with E-state index in [0.29, 0.717) is 34.5 Å². The molecule has 37 heavy (non-hydrogen) atoms. The van der Waals surface area contributed by atoms with Gasteiger partial charge in [0.15, 0.2) is 0 Å². The Kier molecular flexibility index (Phi) is 8.53. The highest BCUT2D eigenvalue weighted by Gasteiger charge is 2.20. The summed E-state index contributed by atoms with van der Waals surface area (Å²) in [4.78, 5) is 27.5. The number of unbranched alkanes of at least 4 members (excludes halogenated alkanes) is 1. The molecule has 2 N–H and O–H groups in total. The highest BCUT2D eigenvalue weighted by atomic mass is 35.5. The molecule has 9 heteroatoms. The zero-order valence-corrected chi connectivity index (χ0v) is 21.1. The van der Waals surface area contributed by atoms with E-state index in [1.54, 1.807) is 47.1 Å². The minimum atomic E-state index is -0.386. The molecule has 0 aliphatic heterocycles. The molecule has 0 atom stereocenters. The summed E-state index contributed by atoms with van der Waals surface area (Å²) in [6, 6.07) is 23.5. The van der Waals surface area contributed by atoms with Crippen LogP contribution in [0.15, 0.2) is 84.9 Å². The van der Waals surface area contributed by atoms with Crippen molar-refractivity contribution >= 4 is 35.0 Å². The SMILES string of the molecule is CCCCN(CC(=O)Nc1cc(-c2ccccc2)nn1-c1ccc(F)cc1)C(=O)Nc1ccc(Cl)cc1. The lowest BCUT2D eigenvalue weighted by molar-refractivity contribution is -0.116. The third-order valence-corrected chi connectivity index (χ3v) is 5.87. The monoisotopic (exact) mass is 519 g/mol. The van der Waals surface area contributed by atoms with Crippen LogP contribution in [0.25, 0.3) is 16.9 Å².